The van der Waals surface area contributed by atoms with E-state index in [4.69, 9.17) is 0 Å². The lowest BCUT2D eigenvalue weighted by Gasteiger charge is -2.53. The maximum Gasteiger partial charge on any atom is 0.320 e. The first kappa shape index (κ1) is 21.0. The van der Waals surface area contributed by atoms with Crippen molar-refractivity contribution in [1.29, 1.82) is 0 Å². The third kappa shape index (κ3) is 3.69. The summed E-state index contributed by atoms with van der Waals surface area (Å²) in [7, 11) is 0. The standard InChI is InChI=1S/C26H34N4O3/c31-24-7-3-6-23-21-14-18(16-30(23)24)15-28(17-21)26(33)27-11-8-20(9-12-27)25(32)29-13-10-19-4-1-2-5-22(19)29/h1-2,4-5,18,20-21,23H,3,6-17H2/t18?,21?,23-/m1/s1. The molecule has 6 rings (SSSR count). The molecule has 4 saturated heterocycles. The largest absolute Gasteiger partial charge is 0.339 e. The Morgan fingerprint density at radius 2 is 1.70 bits per heavy atom. The number of nitrogens with zero attached hydrogens (tertiary/aromatic N) is 4. The van der Waals surface area contributed by atoms with Crippen LogP contribution in [0, 0.1) is 17.8 Å². The van der Waals surface area contributed by atoms with Crippen LogP contribution in [0.4, 0.5) is 10.5 Å². The quantitative estimate of drug-likeness (QED) is 0.661. The Morgan fingerprint density at radius 3 is 2.55 bits per heavy atom. The highest BCUT2D eigenvalue weighted by molar-refractivity contribution is 5.97. The van der Waals surface area contributed by atoms with E-state index < -0.39 is 0 Å². The van der Waals surface area contributed by atoms with Crippen LogP contribution < -0.4 is 4.90 Å². The van der Waals surface area contributed by atoms with Crippen molar-refractivity contribution in [2.75, 3.05) is 44.2 Å². The Kier molecular flexibility index (Phi) is 5.30. The summed E-state index contributed by atoms with van der Waals surface area (Å²) in [5.74, 6) is 1.36. The third-order valence-corrected chi connectivity index (χ3v) is 8.72. The van der Waals surface area contributed by atoms with Gasteiger partial charge in [0.2, 0.25) is 11.8 Å². The van der Waals surface area contributed by atoms with Gasteiger partial charge in [-0.2, -0.15) is 0 Å². The molecule has 0 aliphatic carbocycles. The predicted octanol–water partition coefficient (Wildman–Crippen LogP) is 2.74. The van der Waals surface area contributed by atoms with Crippen molar-refractivity contribution in [1.82, 2.24) is 14.7 Å². The molecule has 3 atom stereocenters. The number of fused-ring (bicyclic) bond motifs is 5. The second kappa shape index (κ2) is 8.33. The van der Waals surface area contributed by atoms with Gasteiger partial charge in [0.15, 0.2) is 0 Å². The van der Waals surface area contributed by atoms with E-state index in [1.807, 2.05) is 32.9 Å². The molecule has 0 saturated carbocycles. The molecule has 0 N–H and O–H groups in total. The molecule has 4 fully saturated rings. The Hall–Kier alpha value is -2.57. The van der Waals surface area contributed by atoms with Gasteiger partial charge in [0.25, 0.3) is 0 Å². The average Bonchev–Trinajstić information content (AvgIpc) is 3.28. The molecular formula is C26H34N4O3. The molecule has 2 bridgehead atoms. The fourth-order valence-electron chi connectivity index (χ4n) is 7.07. The Labute approximate surface area is 195 Å². The highest BCUT2D eigenvalue weighted by atomic mass is 16.2. The molecule has 176 valence electrons. The summed E-state index contributed by atoms with van der Waals surface area (Å²) in [5.41, 5.74) is 2.32. The summed E-state index contributed by atoms with van der Waals surface area (Å²) >= 11 is 0. The van der Waals surface area contributed by atoms with Crippen molar-refractivity contribution in [3.8, 4) is 0 Å². The molecule has 1 aromatic carbocycles. The van der Waals surface area contributed by atoms with E-state index in [9.17, 15) is 14.4 Å². The van der Waals surface area contributed by atoms with Crippen LogP contribution in [-0.4, -0.2) is 77.9 Å². The number of hydrogen-bond acceptors (Lipinski definition) is 3. The van der Waals surface area contributed by atoms with Gasteiger partial charge in [-0.3, -0.25) is 9.59 Å². The van der Waals surface area contributed by atoms with Gasteiger partial charge < -0.3 is 19.6 Å². The number of para-hydroxylation sites is 1. The first-order chi connectivity index (χ1) is 16.1. The van der Waals surface area contributed by atoms with E-state index in [2.05, 4.69) is 11.0 Å². The van der Waals surface area contributed by atoms with Crippen molar-refractivity contribution in [3.05, 3.63) is 29.8 Å². The maximum absolute atomic E-state index is 13.4. The molecular weight excluding hydrogens is 416 g/mol. The lowest BCUT2D eigenvalue weighted by molar-refractivity contribution is -0.144. The van der Waals surface area contributed by atoms with Crippen LogP contribution in [0.3, 0.4) is 0 Å². The Bertz CT molecular complexity index is 957. The zero-order valence-electron chi connectivity index (χ0n) is 19.3. The molecule has 0 aromatic heterocycles. The minimum Gasteiger partial charge on any atom is -0.339 e. The predicted molar refractivity (Wildman–Crippen MR) is 125 cm³/mol. The lowest BCUT2D eigenvalue weighted by atomic mass is 9.76. The number of rotatable bonds is 1. The van der Waals surface area contributed by atoms with E-state index in [1.165, 1.54) is 5.56 Å². The molecule has 5 aliphatic heterocycles. The van der Waals surface area contributed by atoms with Crippen molar-refractivity contribution in [2.24, 2.45) is 17.8 Å². The van der Waals surface area contributed by atoms with Gasteiger partial charge in [0.1, 0.15) is 0 Å². The smallest absolute Gasteiger partial charge is 0.320 e. The first-order valence-corrected chi connectivity index (χ1v) is 12.8. The van der Waals surface area contributed by atoms with Crippen LogP contribution in [0.25, 0.3) is 0 Å². The molecule has 1 aromatic rings. The highest BCUT2D eigenvalue weighted by Crippen LogP contribution is 2.38. The minimum absolute atomic E-state index is 0.00255. The fourth-order valence-corrected chi connectivity index (χ4v) is 7.07. The number of urea groups is 1. The van der Waals surface area contributed by atoms with Gasteiger partial charge in [0.05, 0.1) is 0 Å². The summed E-state index contributed by atoms with van der Waals surface area (Å²) in [4.78, 5) is 47.1. The molecule has 0 spiro atoms. The topological polar surface area (TPSA) is 64.2 Å². The second-order valence-electron chi connectivity index (χ2n) is 10.7. The number of benzene rings is 1. The van der Waals surface area contributed by atoms with Crippen molar-refractivity contribution < 1.29 is 14.4 Å². The van der Waals surface area contributed by atoms with Gasteiger partial charge in [-0.1, -0.05) is 18.2 Å². The summed E-state index contributed by atoms with van der Waals surface area (Å²) in [6.07, 6.45) is 6.32. The number of likely N-dealkylation sites (tertiary alicyclic amines) is 2. The van der Waals surface area contributed by atoms with Crippen LogP contribution in [-0.2, 0) is 16.0 Å². The Morgan fingerprint density at radius 1 is 0.879 bits per heavy atom. The second-order valence-corrected chi connectivity index (χ2v) is 10.7. The molecule has 7 nitrogen and oxygen atoms in total. The summed E-state index contributed by atoms with van der Waals surface area (Å²) in [6.45, 7) is 4.43. The minimum atomic E-state index is 0.00255. The highest BCUT2D eigenvalue weighted by Gasteiger charge is 2.45. The van der Waals surface area contributed by atoms with Crippen molar-refractivity contribution in [2.45, 2.75) is 51.0 Å². The average molecular weight is 451 g/mol. The van der Waals surface area contributed by atoms with Crippen molar-refractivity contribution in [3.63, 3.8) is 0 Å². The van der Waals surface area contributed by atoms with Gasteiger partial charge in [-0.05, 0) is 62.0 Å². The summed E-state index contributed by atoms with van der Waals surface area (Å²) in [6, 6.07) is 8.66. The third-order valence-electron chi connectivity index (χ3n) is 8.72. The van der Waals surface area contributed by atoms with Crippen LogP contribution >= 0.6 is 0 Å². The molecule has 0 radical (unpaired) electrons. The van der Waals surface area contributed by atoms with E-state index >= 15 is 0 Å². The number of anilines is 1. The zero-order chi connectivity index (χ0) is 22.5. The van der Waals surface area contributed by atoms with E-state index in [-0.39, 0.29) is 17.9 Å². The maximum atomic E-state index is 13.4. The van der Waals surface area contributed by atoms with E-state index in [1.54, 1.807) is 0 Å². The molecule has 5 heterocycles. The monoisotopic (exact) mass is 450 g/mol. The summed E-state index contributed by atoms with van der Waals surface area (Å²) < 4.78 is 0. The molecule has 4 amide bonds. The van der Waals surface area contributed by atoms with Gasteiger partial charge in [-0.25, -0.2) is 4.79 Å². The summed E-state index contributed by atoms with van der Waals surface area (Å²) in [5, 5.41) is 0. The number of piperidine rings is 4. The first-order valence-electron chi connectivity index (χ1n) is 12.8. The van der Waals surface area contributed by atoms with Crippen LogP contribution in [0.15, 0.2) is 24.3 Å². The van der Waals surface area contributed by atoms with Crippen molar-refractivity contribution >= 4 is 23.5 Å². The van der Waals surface area contributed by atoms with Crippen LogP contribution in [0.1, 0.15) is 44.1 Å². The van der Waals surface area contributed by atoms with E-state index in [0.29, 0.717) is 43.3 Å². The zero-order valence-corrected chi connectivity index (χ0v) is 19.3. The lowest BCUT2D eigenvalue weighted by Crippen LogP contribution is -2.62. The Balaban J connectivity index is 1.06. The normalized spacial score (nSPS) is 29.7. The molecule has 5 aliphatic rings. The number of carbonyl (C=O) groups excluding carboxylic acids is 3. The fraction of sp³-hybridized carbons (Fsp3) is 0.654. The van der Waals surface area contributed by atoms with Gasteiger partial charge >= 0.3 is 6.03 Å². The van der Waals surface area contributed by atoms with Gasteiger partial charge in [0, 0.05) is 63.3 Å². The van der Waals surface area contributed by atoms with Crippen LogP contribution in [0.5, 0.6) is 0 Å². The van der Waals surface area contributed by atoms with Crippen LogP contribution in [0.2, 0.25) is 0 Å². The number of hydrogen-bond donors (Lipinski definition) is 0. The number of carbonyl (C=O) groups is 3. The molecule has 33 heavy (non-hydrogen) atoms. The van der Waals surface area contributed by atoms with E-state index in [0.717, 1.165) is 70.4 Å². The SMILES string of the molecule is O=C(N1CCC(C(=O)N2CCc3ccccc32)CC1)N1CC2CC(C1)[C@H]1CCCC(=O)N1C2. The number of amides is 4. The molecule has 2 unspecified atom stereocenters. The molecule has 7 heteroatoms. The van der Waals surface area contributed by atoms with Gasteiger partial charge in [-0.15, -0.1) is 0 Å².